The molecule has 0 aliphatic heterocycles. The van der Waals surface area contributed by atoms with Crippen molar-refractivity contribution in [1.82, 2.24) is 19.3 Å². The number of ketones is 1. The number of Topliss-reactive ketones (excluding diaryl/α,β-unsaturated/α-hetero) is 1. The molecule has 0 N–H and O–H groups in total. The van der Waals surface area contributed by atoms with Gasteiger partial charge in [-0.1, -0.05) is 19.1 Å². The first-order valence-corrected chi connectivity index (χ1v) is 7.06. The molecule has 2 heterocycles. The minimum Gasteiger partial charge on any atom is -0.331 e. The van der Waals surface area contributed by atoms with Crippen LogP contribution < -0.4 is 0 Å². The molecule has 0 spiro atoms. The third-order valence-corrected chi connectivity index (χ3v) is 3.78. The monoisotopic (exact) mass is 282 g/mol. The predicted molar refractivity (Wildman–Crippen MR) is 81.3 cm³/mol. The largest absolute Gasteiger partial charge is 0.331 e. The number of aryl methyl sites for hydroxylation is 3. The van der Waals surface area contributed by atoms with Gasteiger partial charge in [-0.2, -0.15) is 5.10 Å². The fourth-order valence-electron chi connectivity index (χ4n) is 2.55. The molecule has 0 saturated carbocycles. The van der Waals surface area contributed by atoms with Gasteiger partial charge in [0.15, 0.2) is 5.78 Å². The van der Waals surface area contributed by atoms with Crippen LogP contribution in [0.2, 0.25) is 0 Å². The number of fused-ring (bicyclic) bond motifs is 1. The number of carbonyl (C=O) groups is 1. The smallest absolute Gasteiger partial charge is 0.188 e. The van der Waals surface area contributed by atoms with E-state index in [1.807, 2.05) is 48.9 Å². The molecule has 21 heavy (non-hydrogen) atoms. The van der Waals surface area contributed by atoms with Crippen LogP contribution in [0.1, 0.15) is 28.9 Å². The van der Waals surface area contributed by atoms with Gasteiger partial charge in [-0.15, -0.1) is 0 Å². The summed E-state index contributed by atoms with van der Waals surface area (Å²) in [5.74, 6) is 0.823. The lowest BCUT2D eigenvalue weighted by Crippen LogP contribution is -2.12. The van der Waals surface area contributed by atoms with Gasteiger partial charge in [-0.3, -0.25) is 9.48 Å². The molecule has 108 valence electrons. The molecular weight excluding hydrogens is 264 g/mol. The second-order valence-corrected chi connectivity index (χ2v) is 5.17. The standard InChI is InChI=1S/C16H18N4O/c1-4-11-9-14(20(3)18-11)15(21)10-16-17-12-7-5-6-8-13(12)19(16)2/h5-9H,4,10H2,1-3H3. The summed E-state index contributed by atoms with van der Waals surface area (Å²) >= 11 is 0. The maximum Gasteiger partial charge on any atom is 0.188 e. The van der Waals surface area contributed by atoms with Gasteiger partial charge < -0.3 is 4.57 Å². The maximum atomic E-state index is 12.5. The van der Waals surface area contributed by atoms with Crippen molar-refractivity contribution in [3.8, 4) is 0 Å². The van der Waals surface area contributed by atoms with Gasteiger partial charge >= 0.3 is 0 Å². The van der Waals surface area contributed by atoms with Gasteiger partial charge in [0, 0.05) is 14.1 Å². The summed E-state index contributed by atoms with van der Waals surface area (Å²) < 4.78 is 3.63. The van der Waals surface area contributed by atoms with Gasteiger partial charge in [0.05, 0.1) is 23.1 Å². The van der Waals surface area contributed by atoms with Gasteiger partial charge in [-0.05, 0) is 24.6 Å². The minimum atomic E-state index is 0.0445. The van der Waals surface area contributed by atoms with Crippen molar-refractivity contribution in [2.24, 2.45) is 14.1 Å². The van der Waals surface area contributed by atoms with Crippen LogP contribution in [0.15, 0.2) is 30.3 Å². The molecule has 5 nitrogen and oxygen atoms in total. The Morgan fingerprint density at radius 1 is 1.24 bits per heavy atom. The second kappa shape index (κ2) is 5.16. The lowest BCUT2D eigenvalue weighted by molar-refractivity contribution is 0.0981. The fourth-order valence-corrected chi connectivity index (χ4v) is 2.55. The van der Waals surface area contributed by atoms with Crippen LogP contribution in [0.4, 0.5) is 0 Å². The maximum absolute atomic E-state index is 12.5. The zero-order chi connectivity index (χ0) is 15.0. The molecule has 0 fully saturated rings. The quantitative estimate of drug-likeness (QED) is 0.690. The molecule has 0 amide bonds. The van der Waals surface area contributed by atoms with Gasteiger partial charge in [0.25, 0.3) is 0 Å². The van der Waals surface area contributed by atoms with Crippen LogP contribution in [0.3, 0.4) is 0 Å². The van der Waals surface area contributed by atoms with Crippen LogP contribution in [0.5, 0.6) is 0 Å². The highest BCUT2D eigenvalue weighted by atomic mass is 16.1. The van der Waals surface area contributed by atoms with E-state index >= 15 is 0 Å². The van der Waals surface area contributed by atoms with E-state index in [0.29, 0.717) is 5.69 Å². The number of carbonyl (C=O) groups excluding carboxylic acids is 1. The third kappa shape index (κ3) is 2.35. The molecule has 0 aliphatic rings. The number of rotatable bonds is 4. The summed E-state index contributed by atoms with van der Waals surface area (Å²) in [6.07, 6.45) is 1.11. The first kappa shape index (κ1) is 13.5. The normalized spacial score (nSPS) is 11.2. The van der Waals surface area contributed by atoms with Gasteiger partial charge in [0.2, 0.25) is 0 Å². The van der Waals surface area contributed by atoms with E-state index in [-0.39, 0.29) is 12.2 Å². The van der Waals surface area contributed by atoms with Crippen molar-refractivity contribution in [2.45, 2.75) is 19.8 Å². The highest BCUT2D eigenvalue weighted by Gasteiger charge is 2.17. The van der Waals surface area contributed by atoms with Crippen molar-refractivity contribution in [1.29, 1.82) is 0 Å². The molecular formula is C16H18N4O. The molecule has 0 radical (unpaired) electrons. The summed E-state index contributed by atoms with van der Waals surface area (Å²) in [6.45, 7) is 2.03. The Morgan fingerprint density at radius 2 is 2.00 bits per heavy atom. The van der Waals surface area contributed by atoms with Crippen molar-refractivity contribution >= 4 is 16.8 Å². The van der Waals surface area contributed by atoms with E-state index in [0.717, 1.165) is 29.0 Å². The second-order valence-electron chi connectivity index (χ2n) is 5.17. The van der Waals surface area contributed by atoms with Gasteiger partial charge in [0.1, 0.15) is 11.5 Å². The Labute approximate surface area is 123 Å². The summed E-state index contributed by atoms with van der Waals surface area (Å²) in [5, 5.41) is 4.33. The van der Waals surface area contributed by atoms with Crippen LogP contribution in [0, 0.1) is 0 Å². The fraction of sp³-hybridized carbons (Fsp3) is 0.312. The SMILES string of the molecule is CCc1cc(C(=O)Cc2nc3ccccc3n2C)n(C)n1. The van der Waals surface area contributed by atoms with Crippen LogP contribution >= 0.6 is 0 Å². The van der Waals surface area contributed by atoms with E-state index in [1.165, 1.54) is 0 Å². The first-order chi connectivity index (χ1) is 10.1. The van der Waals surface area contributed by atoms with E-state index in [1.54, 1.807) is 11.7 Å². The molecule has 1 aromatic carbocycles. The van der Waals surface area contributed by atoms with Crippen molar-refractivity contribution < 1.29 is 4.79 Å². The Morgan fingerprint density at radius 3 is 2.67 bits per heavy atom. The number of hydrogen-bond acceptors (Lipinski definition) is 3. The molecule has 0 unspecified atom stereocenters. The number of aromatic nitrogens is 4. The predicted octanol–water partition coefficient (Wildman–Crippen LogP) is 2.29. The van der Waals surface area contributed by atoms with E-state index < -0.39 is 0 Å². The Hall–Kier alpha value is -2.43. The zero-order valence-electron chi connectivity index (χ0n) is 12.5. The summed E-state index contributed by atoms with van der Waals surface area (Å²) in [4.78, 5) is 17.0. The Kier molecular flexibility index (Phi) is 3.33. The molecule has 3 aromatic rings. The molecule has 5 heteroatoms. The zero-order valence-corrected chi connectivity index (χ0v) is 12.5. The molecule has 0 saturated heterocycles. The van der Waals surface area contributed by atoms with E-state index in [9.17, 15) is 4.79 Å². The highest BCUT2D eigenvalue weighted by Crippen LogP contribution is 2.16. The third-order valence-electron chi connectivity index (χ3n) is 3.78. The average Bonchev–Trinajstić information content (AvgIpc) is 3.01. The summed E-state index contributed by atoms with van der Waals surface area (Å²) in [7, 11) is 3.75. The van der Waals surface area contributed by atoms with E-state index in [2.05, 4.69) is 10.1 Å². The van der Waals surface area contributed by atoms with Gasteiger partial charge in [-0.25, -0.2) is 4.98 Å². The Balaban J connectivity index is 1.92. The number of benzene rings is 1. The minimum absolute atomic E-state index is 0.0445. The Bertz CT molecular complexity index is 813. The lowest BCUT2D eigenvalue weighted by Gasteiger charge is -2.02. The average molecular weight is 282 g/mol. The number of nitrogens with zero attached hydrogens (tertiary/aromatic N) is 4. The van der Waals surface area contributed by atoms with Crippen molar-refractivity contribution in [3.05, 3.63) is 47.5 Å². The first-order valence-electron chi connectivity index (χ1n) is 7.06. The molecule has 0 atom stereocenters. The molecule has 0 bridgehead atoms. The summed E-state index contributed by atoms with van der Waals surface area (Å²) in [5.41, 5.74) is 3.53. The molecule has 3 rings (SSSR count). The topological polar surface area (TPSA) is 52.7 Å². The molecule has 0 aliphatic carbocycles. The van der Waals surface area contributed by atoms with Crippen molar-refractivity contribution in [2.75, 3.05) is 0 Å². The van der Waals surface area contributed by atoms with E-state index in [4.69, 9.17) is 0 Å². The highest BCUT2D eigenvalue weighted by molar-refractivity contribution is 5.96. The number of para-hydroxylation sites is 2. The van der Waals surface area contributed by atoms with Crippen LogP contribution in [0.25, 0.3) is 11.0 Å². The number of hydrogen-bond donors (Lipinski definition) is 0. The van der Waals surface area contributed by atoms with Crippen LogP contribution in [-0.4, -0.2) is 25.1 Å². The van der Waals surface area contributed by atoms with Crippen LogP contribution in [-0.2, 0) is 26.9 Å². The summed E-state index contributed by atoms with van der Waals surface area (Å²) in [6, 6.07) is 9.77. The lowest BCUT2D eigenvalue weighted by atomic mass is 10.2. The van der Waals surface area contributed by atoms with Crippen molar-refractivity contribution in [3.63, 3.8) is 0 Å². The number of imidazole rings is 1. The molecule has 2 aromatic heterocycles.